The van der Waals surface area contributed by atoms with Crippen molar-refractivity contribution in [2.45, 2.75) is 6.42 Å². The smallest absolute Gasteiger partial charge is 0.264 e. The van der Waals surface area contributed by atoms with E-state index in [1.165, 1.54) is 6.07 Å². The molecule has 2 aromatic rings. The first-order valence-electron chi connectivity index (χ1n) is 4.96. The number of H-pyrrole nitrogens is 1. The van der Waals surface area contributed by atoms with Crippen LogP contribution in [-0.4, -0.2) is 28.8 Å². The Morgan fingerprint density at radius 2 is 2.31 bits per heavy atom. The summed E-state index contributed by atoms with van der Waals surface area (Å²) in [6.07, 6.45) is 0.667. The summed E-state index contributed by atoms with van der Waals surface area (Å²) in [4.78, 5) is 13.7. The molecule has 2 aromatic heterocycles. The van der Waals surface area contributed by atoms with Crippen molar-refractivity contribution in [1.29, 1.82) is 0 Å². The van der Waals surface area contributed by atoms with E-state index in [1.807, 2.05) is 7.05 Å². The van der Waals surface area contributed by atoms with Crippen molar-refractivity contribution in [2.75, 3.05) is 13.6 Å². The normalized spacial score (nSPS) is 10.6. The monoisotopic (exact) mass is 220 g/mol. The van der Waals surface area contributed by atoms with E-state index in [9.17, 15) is 4.79 Å². The zero-order valence-corrected chi connectivity index (χ0v) is 8.86. The molecule has 6 heteroatoms. The van der Waals surface area contributed by atoms with Crippen LogP contribution in [0.3, 0.4) is 0 Å². The molecule has 0 aliphatic heterocycles. The van der Waals surface area contributed by atoms with Gasteiger partial charge in [-0.1, -0.05) is 6.07 Å². The molecule has 6 nitrogen and oxygen atoms in total. The molecule has 0 aliphatic rings. The Morgan fingerprint density at radius 1 is 1.44 bits per heavy atom. The Hall–Kier alpha value is -1.95. The van der Waals surface area contributed by atoms with Crippen molar-refractivity contribution in [3.05, 3.63) is 34.4 Å². The maximum Gasteiger partial charge on any atom is 0.264 e. The molecule has 16 heavy (non-hydrogen) atoms. The fourth-order valence-corrected chi connectivity index (χ4v) is 1.27. The van der Waals surface area contributed by atoms with Gasteiger partial charge in [-0.15, -0.1) is 10.2 Å². The molecular weight excluding hydrogens is 208 g/mol. The molecule has 0 radical (unpaired) electrons. The summed E-state index contributed by atoms with van der Waals surface area (Å²) >= 11 is 0. The lowest BCUT2D eigenvalue weighted by atomic mass is 10.3. The summed E-state index contributed by atoms with van der Waals surface area (Å²) in [5.41, 5.74) is 0.350. The number of rotatable bonds is 4. The van der Waals surface area contributed by atoms with Gasteiger partial charge in [0, 0.05) is 19.0 Å². The lowest BCUT2D eigenvalue weighted by Gasteiger charge is -1.93. The molecule has 2 rings (SSSR count). The Morgan fingerprint density at radius 3 is 3.06 bits per heavy atom. The van der Waals surface area contributed by atoms with Crippen molar-refractivity contribution in [2.24, 2.45) is 0 Å². The average molecular weight is 220 g/mol. The van der Waals surface area contributed by atoms with Crippen molar-refractivity contribution in [1.82, 2.24) is 20.5 Å². The van der Waals surface area contributed by atoms with Gasteiger partial charge in [0.15, 0.2) is 0 Å². The van der Waals surface area contributed by atoms with Crippen molar-refractivity contribution < 1.29 is 4.42 Å². The molecule has 0 saturated heterocycles. The number of nitrogens with one attached hydrogen (secondary N) is 2. The summed E-state index contributed by atoms with van der Waals surface area (Å²) in [6.45, 7) is 0.771. The highest BCUT2D eigenvalue weighted by molar-refractivity contribution is 5.44. The van der Waals surface area contributed by atoms with E-state index < -0.39 is 0 Å². The van der Waals surface area contributed by atoms with Crippen molar-refractivity contribution >= 4 is 0 Å². The summed E-state index contributed by atoms with van der Waals surface area (Å²) in [5, 5.41) is 10.7. The first-order chi connectivity index (χ1) is 7.79. The highest BCUT2D eigenvalue weighted by atomic mass is 16.4. The second kappa shape index (κ2) is 4.71. The molecule has 84 valence electrons. The van der Waals surface area contributed by atoms with Crippen LogP contribution in [0.2, 0.25) is 0 Å². The van der Waals surface area contributed by atoms with Crippen LogP contribution in [0.1, 0.15) is 5.89 Å². The van der Waals surface area contributed by atoms with Gasteiger partial charge >= 0.3 is 0 Å². The number of pyridine rings is 1. The lowest BCUT2D eigenvalue weighted by molar-refractivity contribution is 0.498. The Kier molecular flexibility index (Phi) is 3.11. The Balaban J connectivity index is 2.21. The predicted octanol–water partition coefficient (Wildman–Crippen LogP) is 0.187. The van der Waals surface area contributed by atoms with Crippen LogP contribution < -0.4 is 10.9 Å². The van der Waals surface area contributed by atoms with Crippen LogP contribution >= 0.6 is 0 Å². The number of nitrogens with zero attached hydrogens (tertiary/aromatic N) is 2. The zero-order chi connectivity index (χ0) is 11.4. The first-order valence-corrected chi connectivity index (χ1v) is 4.96. The van der Waals surface area contributed by atoms with Gasteiger partial charge in [0.25, 0.3) is 5.89 Å². The fourth-order valence-electron chi connectivity index (χ4n) is 1.27. The Bertz CT molecular complexity index is 517. The molecule has 0 fully saturated rings. The minimum atomic E-state index is -0.188. The molecule has 0 unspecified atom stereocenters. The summed E-state index contributed by atoms with van der Waals surface area (Å²) < 4.78 is 5.39. The maximum absolute atomic E-state index is 11.1. The van der Waals surface area contributed by atoms with Crippen LogP contribution in [0.15, 0.2) is 27.4 Å². The van der Waals surface area contributed by atoms with E-state index in [-0.39, 0.29) is 5.56 Å². The quantitative estimate of drug-likeness (QED) is 0.768. The number of hydrogen-bond donors (Lipinski definition) is 2. The molecule has 0 aromatic carbocycles. The van der Waals surface area contributed by atoms with Crippen LogP contribution in [0.4, 0.5) is 0 Å². The minimum absolute atomic E-state index is 0.188. The SMILES string of the molecule is CNCCc1nnc(-c2cccc(=O)[nH]2)o1. The van der Waals surface area contributed by atoms with E-state index in [0.29, 0.717) is 23.9 Å². The highest BCUT2D eigenvalue weighted by Crippen LogP contribution is 2.13. The van der Waals surface area contributed by atoms with Crippen LogP contribution in [0.25, 0.3) is 11.6 Å². The topological polar surface area (TPSA) is 83.8 Å². The van der Waals surface area contributed by atoms with Crippen LogP contribution in [0.5, 0.6) is 0 Å². The maximum atomic E-state index is 11.1. The van der Waals surface area contributed by atoms with Crippen LogP contribution in [-0.2, 0) is 6.42 Å². The second-order valence-corrected chi connectivity index (χ2v) is 3.28. The summed E-state index contributed by atoms with van der Waals surface area (Å²) in [5.74, 6) is 0.887. The van der Waals surface area contributed by atoms with Gasteiger partial charge in [-0.2, -0.15) is 0 Å². The highest BCUT2D eigenvalue weighted by Gasteiger charge is 2.08. The van der Waals surface area contributed by atoms with Crippen LogP contribution in [0, 0.1) is 0 Å². The zero-order valence-electron chi connectivity index (χ0n) is 8.86. The molecule has 0 spiro atoms. The largest absolute Gasteiger partial charge is 0.419 e. The molecule has 0 saturated carbocycles. The third kappa shape index (κ3) is 2.34. The van der Waals surface area contributed by atoms with Crippen molar-refractivity contribution in [3.8, 4) is 11.6 Å². The molecule has 2 N–H and O–H groups in total. The van der Waals surface area contributed by atoms with E-state index in [2.05, 4.69) is 20.5 Å². The van der Waals surface area contributed by atoms with Gasteiger partial charge in [0.1, 0.15) is 5.69 Å². The summed E-state index contributed by atoms with van der Waals surface area (Å²) in [7, 11) is 1.85. The average Bonchev–Trinajstić information content (AvgIpc) is 2.75. The van der Waals surface area contributed by atoms with E-state index in [0.717, 1.165) is 6.54 Å². The number of likely N-dealkylation sites (N-methyl/N-ethyl adjacent to an activating group) is 1. The predicted molar refractivity (Wildman–Crippen MR) is 58.0 cm³/mol. The van der Waals surface area contributed by atoms with Gasteiger partial charge in [0.2, 0.25) is 11.4 Å². The molecule has 0 aliphatic carbocycles. The third-order valence-electron chi connectivity index (χ3n) is 2.05. The van der Waals surface area contributed by atoms with E-state index in [1.54, 1.807) is 12.1 Å². The molecular formula is C10H12N4O2. The van der Waals surface area contributed by atoms with E-state index >= 15 is 0 Å². The fraction of sp³-hybridized carbons (Fsp3) is 0.300. The number of aromatic amines is 1. The number of hydrogen-bond acceptors (Lipinski definition) is 5. The lowest BCUT2D eigenvalue weighted by Crippen LogP contribution is -2.10. The van der Waals surface area contributed by atoms with Gasteiger partial charge in [-0.05, 0) is 13.1 Å². The van der Waals surface area contributed by atoms with Gasteiger partial charge < -0.3 is 14.7 Å². The van der Waals surface area contributed by atoms with Crippen molar-refractivity contribution in [3.63, 3.8) is 0 Å². The molecule has 2 heterocycles. The number of aromatic nitrogens is 3. The first kappa shape index (κ1) is 10.6. The van der Waals surface area contributed by atoms with E-state index in [4.69, 9.17) is 4.42 Å². The molecule has 0 atom stereocenters. The second-order valence-electron chi connectivity index (χ2n) is 3.28. The minimum Gasteiger partial charge on any atom is -0.419 e. The molecule has 0 bridgehead atoms. The molecule has 0 amide bonds. The Labute approximate surface area is 91.7 Å². The third-order valence-corrected chi connectivity index (χ3v) is 2.05. The van der Waals surface area contributed by atoms with Gasteiger partial charge in [0.05, 0.1) is 0 Å². The standard InChI is InChI=1S/C10H12N4O2/c1-11-6-5-9-13-14-10(16-9)7-3-2-4-8(15)12-7/h2-4,11H,5-6H2,1H3,(H,12,15). The van der Waals surface area contributed by atoms with Gasteiger partial charge in [-0.3, -0.25) is 4.79 Å². The summed E-state index contributed by atoms with van der Waals surface area (Å²) in [6, 6.07) is 4.80. The van der Waals surface area contributed by atoms with Gasteiger partial charge in [-0.25, -0.2) is 0 Å².